The number of unbranched alkanes of at least 4 members (excludes halogenated alkanes) is 6. The van der Waals surface area contributed by atoms with Crippen LogP contribution >= 0.6 is 0 Å². The number of benzene rings is 3. The van der Waals surface area contributed by atoms with E-state index in [-0.39, 0.29) is 17.1 Å². The molecule has 0 spiro atoms. The third-order valence-corrected chi connectivity index (χ3v) is 10.6. The van der Waals surface area contributed by atoms with E-state index in [2.05, 4.69) is 19.9 Å². The van der Waals surface area contributed by atoms with Crippen LogP contribution in [0, 0.1) is 35.2 Å². The average Bonchev–Trinajstić information content (AvgIpc) is 3.09. The molecule has 0 heterocycles. The van der Waals surface area contributed by atoms with Crippen molar-refractivity contribution in [3.63, 3.8) is 0 Å². The molecule has 0 aromatic heterocycles. The van der Waals surface area contributed by atoms with Crippen LogP contribution in [0.5, 0.6) is 5.75 Å². The van der Waals surface area contributed by atoms with Crippen molar-refractivity contribution < 1.29 is 17.9 Å². The van der Waals surface area contributed by atoms with Gasteiger partial charge < -0.3 is 4.74 Å². The van der Waals surface area contributed by atoms with Crippen LogP contribution in [-0.4, -0.2) is 6.61 Å². The topological polar surface area (TPSA) is 9.23 Å². The summed E-state index contributed by atoms with van der Waals surface area (Å²) in [5.41, 5.74) is 4.19. The van der Waals surface area contributed by atoms with Crippen molar-refractivity contribution in [1.82, 2.24) is 0 Å². The molecule has 46 heavy (non-hydrogen) atoms. The zero-order valence-corrected chi connectivity index (χ0v) is 28.1. The van der Waals surface area contributed by atoms with Gasteiger partial charge in [0.15, 0.2) is 11.6 Å². The number of hydrogen-bond acceptors (Lipinski definition) is 1. The lowest BCUT2D eigenvalue weighted by Gasteiger charge is -2.35. The van der Waals surface area contributed by atoms with Crippen LogP contribution in [0.3, 0.4) is 0 Å². The molecule has 2 aliphatic rings. The van der Waals surface area contributed by atoms with Gasteiger partial charge in [-0.15, -0.1) is 0 Å². The smallest absolute Gasteiger partial charge is 0.201 e. The Morgan fingerprint density at radius 2 is 1.30 bits per heavy atom. The fourth-order valence-electron chi connectivity index (χ4n) is 7.71. The largest absolute Gasteiger partial charge is 0.490 e. The Morgan fingerprint density at radius 1 is 0.630 bits per heavy atom. The molecular formula is C42H53F3O. The summed E-state index contributed by atoms with van der Waals surface area (Å²) in [7, 11) is 0. The molecule has 0 amide bonds. The highest BCUT2D eigenvalue weighted by Gasteiger charge is 2.29. The molecule has 5 rings (SSSR count). The summed E-state index contributed by atoms with van der Waals surface area (Å²) >= 11 is 0. The van der Waals surface area contributed by atoms with Crippen molar-refractivity contribution in [3.05, 3.63) is 83.7 Å². The van der Waals surface area contributed by atoms with Crippen LogP contribution in [0.1, 0.15) is 122 Å². The maximum atomic E-state index is 15.5. The van der Waals surface area contributed by atoms with Crippen LogP contribution in [-0.2, 0) is 0 Å². The maximum absolute atomic E-state index is 15.5. The molecule has 1 unspecified atom stereocenters. The number of allylic oxidation sites excluding steroid dienone is 2. The van der Waals surface area contributed by atoms with Crippen molar-refractivity contribution in [2.75, 3.05) is 6.61 Å². The van der Waals surface area contributed by atoms with Crippen molar-refractivity contribution in [2.45, 2.75) is 117 Å². The third-order valence-electron chi connectivity index (χ3n) is 10.6. The van der Waals surface area contributed by atoms with Crippen LogP contribution in [0.2, 0.25) is 0 Å². The highest BCUT2D eigenvalue weighted by molar-refractivity contribution is 5.74. The Kier molecular flexibility index (Phi) is 12.9. The molecule has 1 fully saturated rings. The van der Waals surface area contributed by atoms with E-state index in [1.54, 1.807) is 24.3 Å². The zero-order valence-electron chi connectivity index (χ0n) is 28.1. The molecule has 1 atom stereocenters. The van der Waals surface area contributed by atoms with Gasteiger partial charge in [-0.25, -0.2) is 8.78 Å². The zero-order chi connectivity index (χ0) is 32.3. The lowest BCUT2D eigenvalue weighted by Crippen LogP contribution is -2.23. The molecule has 0 bridgehead atoms. The molecule has 3 aromatic carbocycles. The van der Waals surface area contributed by atoms with Gasteiger partial charge in [-0.1, -0.05) is 121 Å². The minimum Gasteiger partial charge on any atom is -0.490 e. The highest BCUT2D eigenvalue weighted by Crippen LogP contribution is 2.43. The summed E-state index contributed by atoms with van der Waals surface area (Å²) in [5.74, 6) is 0.369. The summed E-state index contributed by atoms with van der Waals surface area (Å²) in [6.45, 7) is 4.73. The van der Waals surface area contributed by atoms with Gasteiger partial charge in [0.1, 0.15) is 5.82 Å². The number of rotatable bonds is 15. The van der Waals surface area contributed by atoms with Gasteiger partial charge in [0.2, 0.25) is 5.82 Å². The van der Waals surface area contributed by atoms with Crippen LogP contribution < -0.4 is 4.74 Å². The summed E-state index contributed by atoms with van der Waals surface area (Å²) in [6.07, 6.45) is 22.2. The monoisotopic (exact) mass is 630 g/mol. The summed E-state index contributed by atoms with van der Waals surface area (Å²) < 4.78 is 50.5. The highest BCUT2D eigenvalue weighted by atomic mass is 19.2. The van der Waals surface area contributed by atoms with E-state index in [1.807, 2.05) is 24.3 Å². The second kappa shape index (κ2) is 17.2. The molecule has 0 saturated heterocycles. The third kappa shape index (κ3) is 8.87. The van der Waals surface area contributed by atoms with E-state index in [1.165, 1.54) is 70.3 Å². The van der Waals surface area contributed by atoms with Crippen molar-refractivity contribution in [2.24, 2.45) is 17.8 Å². The second-order valence-electron chi connectivity index (χ2n) is 13.8. The Bertz CT molecular complexity index is 1420. The number of ether oxygens (including phenoxy) is 1. The van der Waals surface area contributed by atoms with Gasteiger partial charge in [-0.3, -0.25) is 0 Å². The molecule has 1 saturated carbocycles. The van der Waals surface area contributed by atoms with E-state index < -0.39 is 11.6 Å². The molecule has 0 N–H and O–H groups in total. The predicted octanol–water partition coefficient (Wildman–Crippen LogP) is 13.4. The summed E-state index contributed by atoms with van der Waals surface area (Å²) in [4.78, 5) is 0. The normalized spacial score (nSPS) is 20.0. The fourth-order valence-corrected chi connectivity index (χ4v) is 7.71. The van der Waals surface area contributed by atoms with Gasteiger partial charge in [0.25, 0.3) is 0 Å². The first-order chi connectivity index (χ1) is 22.5. The summed E-state index contributed by atoms with van der Waals surface area (Å²) in [5, 5.41) is 0. The van der Waals surface area contributed by atoms with Crippen molar-refractivity contribution in [1.29, 1.82) is 0 Å². The van der Waals surface area contributed by atoms with E-state index in [9.17, 15) is 8.78 Å². The van der Waals surface area contributed by atoms with Crippen molar-refractivity contribution in [3.8, 4) is 28.0 Å². The molecule has 3 aromatic rings. The van der Waals surface area contributed by atoms with E-state index in [0.29, 0.717) is 17.7 Å². The van der Waals surface area contributed by atoms with Crippen LogP contribution in [0.15, 0.2) is 60.7 Å². The predicted molar refractivity (Wildman–Crippen MR) is 186 cm³/mol. The lowest BCUT2D eigenvalue weighted by molar-refractivity contribution is 0.187. The maximum Gasteiger partial charge on any atom is 0.201 e. The quantitative estimate of drug-likeness (QED) is 0.152. The van der Waals surface area contributed by atoms with E-state index in [0.717, 1.165) is 73.0 Å². The average molecular weight is 631 g/mol. The Balaban J connectivity index is 1.15. The van der Waals surface area contributed by atoms with Gasteiger partial charge in [0.05, 0.1) is 6.61 Å². The van der Waals surface area contributed by atoms with Crippen LogP contribution in [0.4, 0.5) is 13.2 Å². The van der Waals surface area contributed by atoms with E-state index in [4.69, 9.17) is 4.74 Å². The molecule has 0 aliphatic heterocycles. The van der Waals surface area contributed by atoms with Crippen molar-refractivity contribution >= 4 is 5.57 Å². The molecule has 0 radical (unpaired) electrons. The van der Waals surface area contributed by atoms with Gasteiger partial charge in [0, 0.05) is 11.1 Å². The molecule has 4 heteroatoms. The Hall–Kier alpha value is -3.01. The number of hydrogen-bond donors (Lipinski definition) is 0. The standard InChI is InChI=1S/C42H53F3O/c1-3-5-7-8-9-11-30-12-14-31(15-13-30)32-16-20-34(21-17-32)37-25-24-36(29-39(37)43)33-18-22-35(23-19-33)38-26-27-40(42(45)41(38)44)46-28-10-6-4-2/h18-20,22-27,29-32H,3-17,21,28H2,1-2H3. The molecule has 1 nitrogen and oxygen atoms in total. The lowest BCUT2D eigenvalue weighted by atomic mass is 9.70. The summed E-state index contributed by atoms with van der Waals surface area (Å²) in [6, 6.07) is 15.7. The van der Waals surface area contributed by atoms with E-state index >= 15 is 4.39 Å². The minimum absolute atomic E-state index is 0.0564. The SMILES string of the molecule is CCCCCCCC1CCC(C2CC=C(c3ccc(-c4ccc(-c5ccc(OCCCCC)c(F)c5F)cc4)cc3F)CC2)CC1. The first kappa shape index (κ1) is 34.3. The van der Waals surface area contributed by atoms with Gasteiger partial charge in [-0.05, 0) is 96.7 Å². The van der Waals surface area contributed by atoms with Crippen LogP contribution in [0.25, 0.3) is 27.8 Å². The first-order valence-corrected chi connectivity index (χ1v) is 18.2. The molecular weight excluding hydrogens is 577 g/mol. The van der Waals surface area contributed by atoms with Gasteiger partial charge in [-0.2, -0.15) is 4.39 Å². The number of halogens is 3. The molecule has 248 valence electrons. The first-order valence-electron chi connectivity index (χ1n) is 18.2. The fraction of sp³-hybridized carbons (Fsp3) is 0.524. The minimum atomic E-state index is -0.963. The molecule has 2 aliphatic carbocycles. The second-order valence-corrected chi connectivity index (χ2v) is 13.8. The Labute approximate surface area is 275 Å². The Morgan fingerprint density at radius 3 is 2.00 bits per heavy atom. The van der Waals surface area contributed by atoms with Gasteiger partial charge >= 0.3 is 0 Å².